The van der Waals surface area contributed by atoms with E-state index in [2.05, 4.69) is 72.2 Å². The van der Waals surface area contributed by atoms with E-state index >= 15 is 0 Å². The summed E-state index contributed by atoms with van der Waals surface area (Å²) < 4.78 is 11.1. The van der Waals surface area contributed by atoms with E-state index < -0.39 is 23.9 Å². The number of para-hydroxylation sites is 2. The van der Waals surface area contributed by atoms with Crippen LogP contribution in [0.2, 0.25) is 0 Å². The highest BCUT2D eigenvalue weighted by molar-refractivity contribution is 6.27. The molecule has 0 spiro atoms. The minimum Gasteiger partial charge on any atom is -0.496 e. The number of hydrogen-bond acceptors (Lipinski definition) is 10. The lowest BCUT2D eigenvalue weighted by molar-refractivity contribution is -0.159. The van der Waals surface area contributed by atoms with E-state index in [1.165, 1.54) is 44.2 Å². The zero-order valence-corrected chi connectivity index (χ0v) is 38.5. The van der Waals surface area contributed by atoms with Crippen molar-refractivity contribution in [3.8, 4) is 11.5 Å². The van der Waals surface area contributed by atoms with Gasteiger partial charge in [0.15, 0.2) is 0 Å². The van der Waals surface area contributed by atoms with Gasteiger partial charge in [0.05, 0.1) is 14.2 Å². The topological polar surface area (TPSA) is 215 Å². The van der Waals surface area contributed by atoms with Gasteiger partial charge in [-0.05, 0) is 97.0 Å². The second-order valence-electron chi connectivity index (χ2n) is 16.2. The third-order valence-corrected chi connectivity index (χ3v) is 11.8. The van der Waals surface area contributed by atoms with Gasteiger partial charge in [0.25, 0.3) is 0 Å². The van der Waals surface area contributed by atoms with Crippen LogP contribution in [-0.2, 0) is 68.0 Å². The molecular formula is C50H64N4O12. The first-order valence-electron chi connectivity index (χ1n) is 22.4. The summed E-state index contributed by atoms with van der Waals surface area (Å²) in [6.07, 6.45) is 7.23. The van der Waals surface area contributed by atoms with E-state index in [4.69, 9.17) is 49.1 Å². The van der Waals surface area contributed by atoms with E-state index in [9.17, 15) is 9.59 Å². The van der Waals surface area contributed by atoms with Crippen molar-refractivity contribution in [1.29, 1.82) is 0 Å². The maximum atomic E-state index is 13.4. The number of carbonyl (C=O) groups excluding carboxylic acids is 2. The van der Waals surface area contributed by atoms with Gasteiger partial charge in [0.1, 0.15) is 11.5 Å². The molecule has 0 aliphatic carbocycles. The molecule has 0 atom stereocenters. The maximum absolute atomic E-state index is 13.4. The summed E-state index contributed by atoms with van der Waals surface area (Å²) in [6.45, 7) is 12.8. The number of carboxylic acids is 4. The van der Waals surface area contributed by atoms with E-state index in [-0.39, 0.29) is 11.8 Å². The van der Waals surface area contributed by atoms with Gasteiger partial charge < -0.3 is 39.7 Å². The van der Waals surface area contributed by atoms with Crippen LogP contribution in [0.3, 0.4) is 0 Å². The van der Waals surface area contributed by atoms with Crippen molar-refractivity contribution < 1.29 is 58.7 Å². The average molecular weight is 913 g/mol. The molecule has 0 aromatic heterocycles. The Morgan fingerprint density at radius 3 is 1.09 bits per heavy atom. The van der Waals surface area contributed by atoms with Gasteiger partial charge >= 0.3 is 23.9 Å². The van der Waals surface area contributed by atoms with Crippen molar-refractivity contribution in [2.45, 2.75) is 104 Å². The first-order valence-corrected chi connectivity index (χ1v) is 22.4. The molecule has 356 valence electrons. The molecule has 2 heterocycles. The van der Waals surface area contributed by atoms with Crippen LogP contribution >= 0.6 is 0 Å². The van der Waals surface area contributed by atoms with Gasteiger partial charge in [0.2, 0.25) is 11.8 Å². The van der Waals surface area contributed by atoms with Crippen molar-refractivity contribution in [2.75, 3.05) is 40.4 Å². The molecule has 6 rings (SSSR count). The van der Waals surface area contributed by atoms with Gasteiger partial charge in [0, 0.05) is 63.2 Å². The third-order valence-electron chi connectivity index (χ3n) is 11.8. The molecule has 2 aliphatic rings. The highest BCUT2D eigenvalue weighted by atomic mass is 16.5. The Bertz CT molecular complexity index is 2070. The number of amides is 2. The summed E-state index contributed by atoms with van der Waals surface area (Å²) in [7, 11) is 3.46. The van der Waals surface area contributed by atoms with Crippen LogP contribution in [-0.4, -0.2) is 116 Å². The molecule has 0 fully saturated rings. The molecule has 16 heteroatoms. The minimum atomic E-state index is -1.82. The Hall–Kier alpha value is -6.52. The van der Waals surface area contributed by atoms with Crippen LogP contribution in [0.1, 0.15) is 98.6 Å². The molecule has 16 nitrogen and oxygen atoms in total. The second kappa shape index (κ2) is 26.4. The molecule has 4 aromatic carbocycles. The fourth-order valence-electron chi connectivity index (χ4n) is 8.34. The van der Waals surface area contributed by atoms with E-state index in [0.29, 0.717) is 39.0 Å². The first kappa shape index (κ1) is 52.1. The van der Waals surface area contributed by atoms with Crippen LogP contribution in [0.15, 0.2) is 72.8 Å². The Balaban J connectivity index is 0.000000701. The second-order valence-corrected chi connectivity index (χ2v) is 16.2. The number of unbranched alkanes of at least 4 members (excludes halogenated alkanes) is 4. The highest BCUT2D eigenvalue weighted by Gasteiger charge is 2.28. The molecule has 0 saturated carbocycles. The van der Waals surface area contributed by atoms with E-state index in [0.717, 1.165) is 89.3 Å². The normalized spacial score (nSPS) is 12.5. The number of ether oxygens (including phenoxy) is 2. The average Bonchev–Trinajstić information content (AvgIpc) is 3.32. The fraction of sp³-hybridized carbons (Fsp3) is 0.440. The summed E-state index contributed by atoms with van der Waals surface area (Å²) >= 11 is 0. The highest BCUT2D eigenvalue weighted by Crippen LogP contribution is 2.38. The van der Waals surface area contributed by atoms with Gasteiger partial charge in [-0.3, -0.25) is 19.4 Å². The summed E-state index contributed by atoms with van der Waals surface area (Å²) in [4.78, 5) is 72.2. The first-order chi connectivity index (χ1) is 31.7. The van der Waals surface area contributed by atoms with Crippen molar-refractivity contribution in [3.05, 3.63) is 106 Å². The molecule has 2 aliphatic heterocycles. The third kappa shape index (κ3) is 15.3. The van der Waals surface area contributed by atoms with Gasteiger partial charge in [-0.15, -0.1) is 0 Å². The van der Waals surface area contributed by atoms with E-state index in [1.54, 1.807) is 14.2 Å². The van der Waals surface area contributed by atoms with Gasteiger partial charge in [-0.1, -0.05) is 87.4 Å². The van der Waals surface area contributed by atoms with Crippen molar-refractivity contribution in [1.82, 2.24) is 19.6 Å². The quantitative estimate of drug-likeness (QED) is 0.0518. The number of nitrogens with zero attached hydrogens (tertiary/aromatic N) is 4. The largest absolute Gasteiger partial charge is 0.496 e. The number of hydrogen-bond donors (Lipinski definition) is 4. The number of carboxylic acid groups (broad SMARTS) is 4. The van der Waals surface area contributed by atoms with Crippen molar-refractivity contribution >= 4 is 46.5 Å². The molecule has 0 unspecified atom stereocenters. The fourth-order valence-corrected chi connectivity index (χ4v) is 8.34. The Labute approximate surface area is 386 Å². The number of methoxy groups -OCH3 is 2. The lowest BCUT2D eigenvalue weighted by atomic mass is 9.87. The molecule has 4 aromatic rings. The summed E-state index contributed by atoms with van der Waals surface area (Å²) in [5.74, 6) is -4.93. The molecular weight excluding hydrogens is 849 g/mol. The van der Waals surface area contributed by atoms with Crippen molar-refractivity contribution in [3.63, 3.8) is 0 Å². The molecule has 0 saturated heterocycles. The smallest absolute Gasteiger partial charge is 0.414 e. The number of aliphatic carboxylic acids is 4. The monoisotopic (exact) mass is 912 g/mol. The van der Waals surface area contributed by atoms with Crippen LogP contribution < -0.4 is 9.47 Å². The zero-order chi connectivity index (χ0) is 48.2. The summed E-state index contributed by atoms with van der Waals surface area (Å²) in [5.41, 5.74) is 7.34. The van der Waals surface area contributed by atoms with Crippen LogP contribution in [0.25, 0.3) is 10.8 Å². The summed E-state index contributed by atoms with van der Waals surface area (Å²) in [5, 5.41) is 32.2. The van der Waals surface area contributed by atoms with Crippen molar-refractivity contribution in [2.24, 2.45) is 0 Å². The Kier molecular flexibility index (Phi) is 20.9. The lowest BCUT2D eigenvalue weighted by Gasteiger charge is -2.34. The van der Waals surface area contributed by atoms with E-state index in [1.807, 2.05) is 34.1 Å². The Morgan fingerprint density at radius 2 is 0.803 bits per heavy atom. The molecule has 0 radical (unpaired) electrons. The SMILES string of the molecule is CCN(CCCCCC(=O)N1Cc2ccc3c4c(ccc(c24)C1)CN(C(=O)CCCCCN(CC)Cc1ccccc1OC)C3)Cc1ccccc1OC.O=C(O)C(=O)O.O=C(O)C(=O)O. The zero-order valence-electron chi connectivity index (χ0n) is 38.5. The number of rotatable bonds is 20. The number of carbonyl (C=O) groups is 6. The van der Waals surface area contributed by atoms with Gasteiger partial charge in [-0.25, -0.2) is 19.2 Å². The predicted molar refractivity (Wildman–Crippen MR) is 248 cm³/mol. The molecule has 4 N–H and O–H groups in total. The van der Waals surface area contributed by atoms with Crippen LogP contribution in [0.4, 0.5) is 0 Å². The van der Waals surface area contributed by atoms with Crippen LogP contribution in [0.5, 0.6) is 11.5 Å². The molecule has 2 amide bonds. The lowest BCUT2D eigenvalue weighted by Crippen LogP contribution is -2.35. The maximum Gasteiger partial charge on any atom is 0.414 e. The molecule has 0 bridgehead atoms. The van der Waals surface area contributed by atoms with Crippen LogP contribution in [0, 0.1) is 0 Å². The standard InChI is InChI=1S/C46H60N4O4.2C2H2O4/c1-5-47(29-35-17-11-13-19-41(35)53-3)27-15-7-9-21-43(51)49-31-37-23-25-39-33-50(34-40-26-24-38(32-49)45(37)46(39)40)44(52)22-10-8-16-28-48(6-2)30-36-18-12-14-20-42(36)54-4;2*3-1(4)2(5)6/h11-14,17-20,23-26H,5-10,15-16,21-22,27-34H2,1-4H3;2*(H,3,4)(H,5,6). The Morgan fingerprint density at radius 1 is 0.485 bits per heavy atom. The minimum absolute atomic E-state index is 0.242. The van der Waals surface area contributed by atoms with Gasteiger partial charge in [-0.2, -0.15) is 0 Å². The predicted octanol–water partition coefficient (Wildman–Crippen LogP) is 7.02. The number of benzene rings is 4. The molecule has 66 heavy (non-hydrogen) atoms. The summed E-state index contributed by atoms with van der Waals surface area (Å²) in [6, 6.07) is 25.3.